The molecule has 172 valence electrons. The second-order valence-corrected chi connectivity index (χ2v) is 7.91. The molecule has 0 aromatic heterocycles. The molecule has 3 atom stereocenters. The van der Waals surface area contributed by atoms with E-state index in [2.05, 4.69) is 41.2 Å². The van der Waals surface area contributed by atoms with Crippen molar-refractivity contribution >= 4 is 43.0 Å². The zero-order valence-corrected chi connectivity index (χ0v) is 19.2. The summed E-state index contributed by atoms with van der Waals surface area (Å²) in [4.78, 5) is 37.2. The van der Waals surface area contributed by atoms with Crippen molar-refractivity contribution in [2.45, 2.75) is 31.1 Å². The number of carbonyl (C=O) groups is 3. The highest BCUT2D eigenvalue weighted by Gasteiger charge is 2.27. The highest BCUT2D eigenvalue weighted by Crippen LogP contribution is 2.11. The van der Waals surface area contributed by atoms with E-state index >= 15 is 0 Å². The van der Waals surface area contributed by atoms with Crippen LogP contribution in [0.5, 0.6) is 5.75 Å². The van der Waals surface area contributed by atoms with Crippen LogP contribution in [-0.2, 0) is 27.3 Å². The number of aromatic hydroxyl groups is 1. The Balaban J connectivity index is 1.95. The molecule has 0 saturated carbocycles. The number of phenolic OH excluding ortho intramolecular Hbond substituents is 1. The van der Waals surface area contributed by atoms with Crippen LogP contribution in [0.4, 0.5) is 0 Å². The molecule has 0 bridgehead atoms. The van der Waals surface area contributed by atoms with E-state index in [0.717, 1.165) is 5.56 Å². The maximum absolute atomic E-state index is 12.7. The number of thiol groups is 2. The normalized spacial score (nSPS) is 13.6. The van der Waals surface area contributed by atoms with Crippen molar-refractivity contribution in [1.82, 2.24) is 16.0 Å². The zero-order chi connectivity index (χ0) is 23.5. The lowest BCUT2D eigenvalue weighted by Gasteiger charge is -2.23. The summed E-state index contributed by atoms with van der Waals surface area (Å²) in [6, 6.07) is 13.2. The SMILES string of the molecule is NC(=O)[C@H](Cc1ccc(O)cc1)NC(=O)[C@H](CS)NC(=O)[C@H](CS)NCc1ccccc1. The maximum atomic E-state index is 12.7. The number of phenols is 1. The lowest BCUT2D eigenvalue weighted by atomic mass is 10.0. The summed E-state index contributed by atoms with van der Waals surface area (Å²) in [5.41, 5.74) is 7.16. The van der Waals surface area contributed by atoms with Crippen LogP contribution in [0.3, 0.4) is 0 Å². The van der Waals surface area contributed by atoms with Gasteiger partial charge in [-0.1, -0.05) is 42.5 Å². The largest absolute Gasteiger partial charge is 0.508 e. The molecule has 0 spiro atoms. The molecule has 10 heteroatoms. The predicted octanol–water partition coefficient (Wildman–Crippen LogP) is 0.408. The molecule has 32 heavy (non-hydrogen) atoms. The molecular weight excluding hydrogens is 448 g/mol. The van der Waals surface area contributed by atoms with Crippen molar-refractivity contribution in [2.75, 3.05) is 11.5 Å². The molecule has 0 aliphatic carbocycles. The number of rotatable bonds is 12. The van der Waals surface area contributed by atoms with Gasteiger partial charge in [0.1, 0.15) is 17.8 Å². The molecule has 0 saturated heterocycles. The molecule has 6 N–H and O–H groups in total. The van der Waals surface area contributed by atoms with Gasteiger partial charge in [-0.05, 0) is 23.3 Å². The average Bonchev–Trinajstić information content (AvgIpc) is 2.79. The van der Waals surface area contributed by atoms with Gasteiger partial charge in [-0.25, -0.2) is 0 Å². The van der Waals surface area contributed by atoms with Gasteiger partial charge in [-0.15, -0.1) is 0 Å². The van der Waals surface area contributed by atoms with Crippen molar-refractivity contribution in [3.05, 3.63) is 65.7 Å². The number of amides is 3. The smallest absolute Gasteiger partial charge is 0.244 e. The van der Waals surface area contributed by atoms with E-state index in [1.807, 2.05) is 30.3 Å². The van der Waals surface area contributed by atoms with Gasteiger partial charge in [0.05, 0.1) is 6.04 Å². The quantitative estimate of drug-likeness (QED) is 0.223. The van der Waals surface area contributed by atoms with Gasteiger partial charge >= 0.3 is 0 Å². The fraction of sp³-hybridized carbons (Fsp3) is 0.318. The fourth-order valence-corrected chi connectivity index (χ4v) is 3.46. The van der Waals surface area contributed by atoms with Crippen LogP contribution in [0.2, 0.25) is 0 Å². The Bertz CT molecular complexity index is 897. The van der Waals surface area contributed by atoms with Crippen molar-refractivity contribution in [3.8, 4) is 5.75 Å². The lowest BCUT2D eigenvalue weighted by molar-refractivity contribution is -0.131. The van der Waals surface area contributed by atoms with Crippen molar-refractivity contribution in [3.63, 3.8) is 0 Å². The number of hydrogen-bond donors (Lipinski definition) is 7. The van der Waals surface area contributed by atoms with Crippen LogP contribution in [0.15, 0.2) is 54.6 Å². The fourth-order valence-electron chi connectivity index (χ4n) is 2.91. The number of hydrogen-bond acceptors (Lipinski definition) is 7. The van der Waals surface area contributed by atoms with E-state index < -0.39 is 35.8 Å². The van der Waals surface area contributed by atoms with Gasteiger partial charge in [0.15, 0.2) is 0 Å². The minimum Gasteiger partial charge on any atom is -0.508 e. The molecule has 8 nitrogen and oxygen atoms in total. The number of nitrogens with one attached hydrogen (secondary N) is 3. The van der Waals surface area contributed by atoms with E-state index in [1.54, 1.807) is 12.1 Å². The highest BCUT2D eigenvalue weighted by atomic mass is 32.1. The molecule has 0 unspecified atom stereocenters. The van der Waals surface area contributed by atoms with Gasteiger partial charge in [-0.3, -0.25) is 14.4 Å². The average molecular weight is 477 g/mol. The first kappa shape index (κ1) is 25.6. The Labute approximate surface area is 198 Å². The summed E-state index contributed by atoms with van der Waals surface area (Å²) in [5.74, 6) is -1.35. The van der Waals surface area contributed by atoms with Gasteiger partial charge in [0.25, 0.3) is 0 Å². The van der Waals surface area contributed by atoms with E-state index in [4.69, 9.17) is 5.73 Å². The topological polar surface area (TPSA) is 134 Å². The van der Waals surface area contributed by atoms with E-state index in [1.165, 1.54) is 12.1 Å². The molecule has 2 aromatic carbocycles. The van der Waals surface area contributed by atoms with Crippen molar-refractivity contribution in [1.29, 1.82) is 0 Å². The van der Waals surface area contributed by atoms with Gasteiger partial charge in [-0.2, -0.15) is 25.3 Å². The third kappa shape index (κ3) is 8.10. The molecule has 2 aromatic rings. The molecule has 0 heterocycles. The van der Waals surface area contributed by atoms with Crippen LogP contribution in [0, 0.1) is 0 Å². The summed E-state index contributed by atoms with van der Waals surface area (Å²) in [6.45, 7) is 0.466. The summed E-state index contributed by atoms with van der Waals surface area (Å²) in [7, 11) is 0. The van der Waals surface area contributed by atoms with E-state index in [0.29, 0.717) is 12.1 Å². The summed E-state index contributed by atoms with van der Waals surface area (Å²) in [6.07, 6.45) is 0.145. The van der Waals surface area contributed by atoms with Crippen LogP contribution < -0.4 is 21.7 Å². The molecule has 3 amide bonds. The first-order valence-corrected chi connectivity index (χ1v) is 11.3. The van der Waals surface area contributed by atoms with Gasteiger partial charge in [0.2, 0.25) is 17.7 Å². The monoisotopic (exact) mass is 476 g/mol. The number of carbonyl (C=O) groups excluding carboxylic acids is 3. The number of primary amides is 1. The molecule has 0 radical (unpaired) electrons. The minimum absolute atomic E-state index is 0.0280. The predicted molar refractivity (Wildman–Crippen MR) is 130 cm³/mol. The Morgan fingerprint density at radius 2 is 1.38 bits per heavy atom. The van der Waals surface area contributed by atoms with Crippen LogP contribution in [0.1, 0.15) is 11.1 Å². The first-order valence-electron chi connectivity index (χ1n) is 10.0. The molecule has 0 aliphatic heterocycles. The summed E-state index contributed by atoms with van der Waals surface area (Å²) >= 11 is 8.39. The van der Waals surface area contributed by atoms with Crippen LogP contribution >= 0.6 is 25.3 Å². The van der Waals surface area contributed by atoms with E-state index in [-0.39, 0.29) is 23.7 Å². The van der Waals surface area contributed by atoms with Gasteiger partial charge < -0.3 is 26.8 Å². The number of benzene rings is 2. The molecular formula is C22H28N4O4S2. The Kier molecular flexibility index (Phi) is 10.4. The van der Waals surface area contributed by atoms with Crippen LogP contribution in [-0.4, -0.2) is 52.5 Å². The highest BCUT2D eigenvalue weighted by molar-refractivity contribution is 7.80. The van der Waals surface area contributed by atoms with Crippen LogP contribution in [0.25, 0.3) is 0 Å². The third-order valence-electron chi connectivity index (χ3n) is 4.75. The Morgan fingerprint density at radius 3 is 1.94 bits per heavy atom. The van der Waals surface area contributed by atoms with Gasteiger partial charge in [0, 0.05) is 24.5 Å². The first-order chi connectivity index (χ1) is 15.3. The maximum Gasteiger partial charge on any atom is 0.244 e. The number of nitrogens with two attached hydrogens (primary N) is 1. The second-order valence-electron chi connectivity index (χ2n) is 7.18. The standard InChI is InChI=1S/C22H28N4O4S2/c23-20(28)17(10-14-6-8-16(27)9-7-14)25-22(30)19(13-32)26-21(29)18(12-31)24-11-15-4-2-1-3-5-15/h1-9,17-19,24,27,31-32H,10-13H2,(H2,23,28)(H,25,30)(H,26,29)/t17-,18-,19-/m0/s1. The Morgan fingerprint density at radius 1 is 0.812 bits per heavy atom. The van der Waals surface area contributed by atoms with Crippen molar-refractivity contribution in [2.24, 2.45) is 5.73 Å². The summed E-state index contributed by atoms with van der Waals surface area (Å²) < 4.78 is 0. The van der Waals surface area contributed by atoms with Crippen molar-refractivity contribution < 1.29 is 19.5 Å². The molecule has 0 fully saturated rings. The third-order valence-corrected chi connectivity index (χ3v) is 5.48. The zero-order valence-electron chi connectivity index (χ0n) is 17.4. The second kappa shape index (κ2) is 13.0. The minimum atomic E-state index is -0.983. The molecule has 0 aliphatic rings. The Hall–Kier alpha value is -2.69. The lowest BCUT2D eigenvalue weighted by Crippen LogP contribution is -2.57. The van der Waals surface area contributed by atoms with E-state index in [9.17, 15) is 19.5 Å². The summed E-state index contributed by atoms with van der Waals surface area (Å²) in [5, 5.41) is 17.7. The molecule has 2 rings (SSSR count).